The first-order valence-corrected chi connectivity index (χ1v) is 7.16. The second-order valence-corrected chi connectivity index (χ2v) is 5.14. The fourth-order valence-corrected chi connectivity index (χ4v) is 2.52. The number of ether oxygens (including phenoxy) is 1. The highest BCUT2D eigenvalue weighted by Crippen LogP contribution is 2.31. The molecule has 0 aromatic heterocycles. The Labute approximate surface area is 121 Å². The van der Waals surface area contributed by atoms with Crippen LogP contribution in [-0.2, 0) is 6.54 Å². The summed E-state index contributed by atoms with van der Waals surface area (Å²) in [5.41, 5.74) is 2.32. The molecule has 1 aromatic carbocycles. The van der Waals surface area contributed by atoms with Gasteiger partial charge in [-0.15, -0.1) is 6.58 Å². The van der Waals surface area contributed by atoms with Crippen LogP contribution in [0.15, 0.2) is 30.9 Å². The van der Waals surface area contributed by atoms with Gasteiger partial charge in [-0.1, -0.05) is 12.1 Å². The van der Waals surface area contributed by atoms with Crippen LogP contribution in [0.2, 0.25) is 0 Å². The van der Waals surface area contributed by atoms with E-state index in [9.17, 15) is 5.11 Å². The number of methoxy groups -OCH3 is 1. The summed E-state index contributed by atoms with van der Waals surface area (Å²) >= 11 is 0. The van der Waals surface area contributed by atoms with Crippen LogP contribution in [0.1, 0.15) is 18.4 Å². The number of benzene rings is 1. The minimum absolute atomic E-state index is 0.153. The molecule has 1 aliphatic rings. The van der Waals surface area contributed by atoms with E-state index in [0.29, 0.717) is 0 Å². The van der Waals surface area contributed by atoms with Gasteiger partial charge in [0.15, 0.2) is 0 Å². The first-order chi connectivity index (χ1) is 9.74. The quantitative estimate of drug-likeness (QED) is 0.615. The largest absolute Gasteiger partial charge is 0.495 e. The van der Waals surface area contributed by atoms with Crippen molar-refractivity contribution in [1.82, 2.24) is 5.32 Å². The van der Waals surface area contributed by atoms with Crippen molar-refractivity contribution in [2.24, 2.45) is 0 Å². The molecular weight excluding hydrogens is 252 g/mol. The first-order valence-electron chi connectivity index (χ1n) is 7.16. The molecule has 0 radical (unpaired) electrons. The van der Waals surface area contributed by atoms with Crippen LogP contribution in [0.3, 0.4) is 0 Å². The van der Waals surface area contributed by atoms with E-state index in [4.69, 9.17) is 4.74 Å². The molecule has 20 heavy (non-hydrogen) atoms. The molecular formula is C16H24N2O2. The van der Waals surface area contributed by atoms with Gasteiger partial charge in [0.2, 0.25) is 0 Å². The third-order valence-corrected chi connectivity index (χ3v) is 3.67. The van der Waals surface area contributed by atoms with Crippen molar-refractivity contribution in [1.29, 1.82) is 0 Å². The van der Waals surface area contributed by atoms with Crippen LogP contribution in [0.25, 0.3) is 0 Å². The van der Waals surface area contributed by atoms with Crippen LogP contribution in [0.4, 0.5) is 5.69 Å². The summed E-state index contributed by atoms with van der Waals surface area (Å²) in [6, 6.07) is 6.32. The van der Waals surface area contributed by atoms with E-state index in [-0.39, 0.29) is 6.10 Å². The second kappa shape index (κ2) is 7.31. The van der Waals surface area contributed by atoms with Crippen molar-refractivity contribution in [2.45, 2.75) is 25.5 Å². The zero-order valence-electron chi connectivity index (χ0n) is 12.1. The Kier molecular flexibility index (Phi) is 5.44. The number of rotatable bonds is 6. The molecule has 0 saturated carbocycles. The molecule has 2 N–H and O–H groups in total. The third kappa shape index (κ3) is 3.74. The van der Waals surface area contributed by atoms with Crippen molar-refractivity contribution in [3.63, 3.8) is 0 Å². The highest BCUT2D eigenvalue weighted by molar-refractivity contribution is 5.60. The highest BCUT2D eigenvalue weighted by Gasteiger charge is 2.19. The zero-order valence-corrected chi connectivity index (χ0v) is 12.1. The minimum Gasteiger partial charge on any atom is -0.495 e. The monoisotopic (exact) mass is 276 g/mol. The Morgan fingerprint density at radius 3 is 2.85 bits per heavy atom. The number of piperidine rings is 1. The molecule has 0 unspecified atom stereocenters. The summed E-state index contributed by atoms with van der Waals surface area (Å²) in [5.74, 6) is 0.902. The van der Waals surface area contributed by atoms with Gasteiger partial charge in [-0.3, -0.25) is 0 Å². The predicted octanol–water partition coefficient (Wildman–Crippen LogP) is 1.93. The lowest BCUT2D eigenvalue weighted by molar-refractivity contribution is 0.145. The van der Waals surface area contributed by atoms with Crippen LogP contribution in [0.5, 0.6) is 5.75 Å². The number of hydrogen-bond acceptors (Lipinski definition) is 4. The molecule has 1 aromatic rings. The van der Waals surface area contributed by atoms with Gasteiger partial charge in [-0.05, 0) is 30.5 Å². The standard InChI is InChI=1S/C16H24N2O2/c1-3-8-17-12-13-4-5-15(16(11-13)20-2)18-9-6-14(19)7-10-18/h3-5,11,14,17,19H,1,6-10,12H2,2H3. The molecule has 0 amide bonds. The third-order valence-electron chi connectivity index (χ3n) is 3.67. The topological polar surface area (TPSA) is 44.7 Å². The van der Waals surface area contributed by atoms with E-state index in [1.165, 1.54) is 5.56 Å². The molecule has 1 aliphatic heterocycles. The predicted molar refractivity (Wildman–Crippen MR) is 82.4 cm³/mol. The lowest BCUT2D eigenvalue weighted by Crippen LogP contribution is -2.36. The number of hydrogen-bond donors (Lipinski definition) is 2. The van der Waals surface area contributed by atoms with Crippen LogP contribution < -0.4 is 15.0 Å². The average molecular weight is 276 g/mol. The zero-order chi connectivity index (χ0) is 14.4. The number of anilines is 1. The van der Waals surface area contributed by atoms with E-state index in [1.54, 1.807) is 7.11 Å². The SMILES string of the molecule is C=CCNCc1ccc(N2CCC(O)CC2)c(OC)c1. The molecule has 4 heteroatoms. The fraction of sp³-hybridized carbons (Fsp3) is 0.500. The van der Waals surface area contributed by atoms with Crippen molar-refractivity contribution in [3.05, 3.63) is 36.4 Å². The maximum absolute atomic E-state index is 9.59. The second-order valence-electron chi connectivity index (χ2n) is 5.14. The maximum atomic E-state index is 9.59. The molecule has 1 saturated heterocycles. The summed E-state index contributed by atoms with van der Waals surface area (Å²) in [4.78, 5) is 2.28. The lowest BCUT2D eigenvalue weighted by atomic mass is 10.1. The highest BCUT2D eigenvalue weighted by atomic mass is 16.5. The Morgan fingerprint density at radius 2 is 2.20 bits per heavy atom. The van der Waals surface area contributed by atoms with E-state index in [2.05, 4.69) is 35.0 Å². The molecule has 4 nitrogen and oxygen atoms in total. The van der Waals surface area contributed by atoms with Gasteiger partial charge >= 0.3 is 0 Å². The Bertz CT molecular complexity index is 440. The molecule has 1 heterocycles. The van der Waals surface area contributed by atoms with Gasteiger partial charge in [-0.2, -0.15) is 0 Å². The summed E-state index contributed by atoms with van der Waals surface area (Å²) in [6.07, 6.45) is 3.35. The Hall–Kier alpha value is -1.52. The lowest BCUT2D eigenvalue weighted by Gasteiger charge is -2.32. The summed E-state index contributed by atoms with van der Waals surface area (Å²) < 4.78 is 5.52. The molecule has 0 spiro atoms. The molecule has 0 bridgehead atoms. The van der Waals surface area contributed by atoms with Gasteiger partial charge < -0.3 is 20.1 Å². The van der Waals surface area contributed by atoms with Crippen molar-refractivity contribution >= 4 is 5.69 Å². The number of nitrogens with one attached hydrogen (secondary N) is 1. The Balaban J connectivity index is 2.07. The van der Waals surface area contributed by atoms with E-state index < -0.39 is 0 Å². The van der Waals surface area contributed by atoms with Crippen molar-refractivity contribution < 1.29 is 9.84 Å². The smallest absolute Gasteiger partial charge is 0.142 e. The van der Waals surface area contributed by atoms with Crippen LogP contribution in [-0.4, -0.2) is 38.0 Å². The summed E-state index contributed by atoms with van der Waals surface area (Å²) in [7, 11) is 1.71. The molecule has 0 atom stereocenters. The van der Waals surface area contributed by atoms with E-state index in [1.807, 2.05) is 6.08 Å². The van der Waals surface area contributed by atoms with Gasteiger partial charge in [0, 0.05) is 26.2 Å². The molecule has 0 aliphatic carbocycles. The number of aliphatic hydroxyl groups excluding tert-OH is 1. The summed E-state index contributed by atoms with van der Waals surface area (Å²) in [6.45, 7) is 7.06. The molecule has 110 valence electrons. The molecule has 1 fully saturated rings. The van der Waals surface area contributed by atoms with Gasteiger partial charge in [-0.25, -0.2) is 0 Å². The van der Waals surface area contributed by atoms with Gasteiger partial charge in [0.25, 0.3) is 0 Å². The van der Waals surface area contributed by atoms with Crippen LogP contribution >= 0.6 is 0 Å². The minimum atomic E-state index is -0.153. The van der Waals surface area contributed by atoms with Crippen molar-refractivity contribution in [3.8, 4) is 5.75 Å². The average Bonchev–Trinajstić information content (AvgIpc) is 2.48. The van der Waals surface area contributed by atoms with Gasteiger partial charge in [0.05, 0.1) is 18.9 Å². The maximum Gasteiger partial charge on any atom is 0.142 e. The van der Waals surface area contributed by atoms with Gasteiger partial charge in [0.1, 0.15) is 5.75 Å². The van der Waals surface area contributed by atoms with Crippen LogP contribution in [0, 0.1) is 0 Å². The first kappa shape index (κ1) is 14.9. The fourth-order valence-electron chi connectivity index (χ4n) is 2.52. The Morgan fingerprint density at radius 1 is 1.45 bits per heavy atom. The van der Waals surface area contributed by atoms with E-state index in [0.717, 1.165) is 50.5 Å². The summed E-state index contributed by atoms with van der Waals surface area (Å²) in [5, 5.41) is 12.9. The van der Waals surface area contributed by atoms with Crippen molar-refractivity contribution in [2.75, 3.05) is 31.6 Å². The molecule has 2 rings (SSSR count). The van der Waals surface area contributed by atoms with E-state index >= 15 is 0 Å². The number of nitrogens with zero attached hydrogens (tertiary/aromatic N) is 1. The number of aliphatic hydroxyl groups is 1. The normalized spacial score (nSPS) is 16.2.